The summed E-state index contributed by atoms with van der Waals surface area (Å²) in [6, 6.07) is 8.25. The van der Waals surface area contributed by atoms with E-state index in [0.717, 1.165) is 0 Å². The van der Waals surface area contributed by atoms with Crippen molar-refractivity contribution in [2.75, 3.05) is 26.1 Å². The number of anilines is 1. The van der Waals surface area contributed by atoms with E-state index in [1.807, 2.05) is 0 Å². The lowest BCUT2D eigenvalue weighted by Gasteiger charge is -2.14. The first kappa shape index (κ1) is 21.2. The van der Waals surface area contributed by atoms with E-state index < -0.39 is 21.8 Å². The van der Waals surface area contributed by atoms with Crippen molar-refractivity contribution in [3.8, 4) is 11.5 Å². The van der Waals surface area contributed by atoms with Crippen molar-refractivity contribution < 1.29 is 27.5 Å². The Hall–Kier alpha value is -3.11. The Morgan fingerprint density at radius 2 is 1.71 bits per heavy atom. The highest BCUT2D eigenvalue weighted by atomic mass is 32.2. The normalized spacial score (nSPS) is 11.0. The second-order valence-electron chi connectivity index (χ2n) is 5.60. The van der Waals surface area contributed by atoms with Crippen molar-refractivity contribution >= 4 is 27.5 Å². The van der Waals surface area contributed by atoms with Gasteiger partial charge in [0.15, 0.2) is 11.5 Å². The Morgan fingerprint density at radius 1 is 1.07 bits per heavy atom. The van der Waals surface area contributed by atoms with Gasteiger partial charge in [-0.3, -0.25) is 9.59 Å². The fourth-order valence-corrected chi connectivity index (χ4v) is 3.55. The minimum atomic E-state index is -3.72. The molecule has 2 rings (SSSR count). The number of rotatable bonds is 8. The quantitative estimate of drug-likeness (QED) is 0.604. The van der Waals surface area contributed by atoms with E-state index in [1.165, 1.54) is 50.6 Å². The average molecular weight is 407 g/mol. The fourth-order valence-electron chi connectivity index (χ4n) is 2.46. The monoisotopic (exact) mass is 407 g/mol. The number of carbonyl (C=O) groups is 2. The van der Waals surface area contributed by atoms with Crippen LogP contribution in [0, 0.1) is 0 Å². The lowest BCUT2D eigenvalue weighted by Crippen LogP contribution is -2.24. The van der Waals surface area contributed by atoms with E-state index in [2.05, 4.69) is 10.0 Å². The molecule has 0 aliphatic heterocycles. The van der Waals surface area contributed by atoms with Gasteiger partial charge in [0.25, 0.3) is 11.8 Å². The van der Waals surface area contributed by atoms with Crippen LogP contribution in [0.25, 0.3) is 0 Å². The van der Waals surface area contributed by atoms with Crippen molar-refractivity contribution in [3.63, 3.8) is 0 Å². The molecule has 0 aliphatic carbocycles. The van der Waals surface area contributed by atoms with E-state index >= 15 is 0 Å². The van der Waals surface area contributed by atoms with Crippen LogP contribution in [0.4, 0.5) is 5.69 Å². The second-order valence-corrected chi connectivity index (χ2v) is 7.37. The standard InChI is InChI=1S/C18H21N3O6S/c1-4-20-28(24,25)12-7-5-6-11(8-12)18(23)21-14-10-16(27-3)15(26-2)9-13(14)17(19)22/h5-10,20H,4H2,1-3H3,(H2,19,22)(H,21,23). The van der Waals surface area contributed by atoms with Crippen LogP contribution >= 0.6 is 0 Å². The van der Waals surface area contributed by atoms with Crippen LogP contribution in [0.3, 0.4) is 0 Å². The molecule has 0 aliphatic rings. The first-order chi connectivity index (χ1) is 13.2. The van der Waals surface area contributed by atoms with Crippen LogP contribution in [-0.2, 0) is 10.0 Å². The smallest absolute Gasteiger partial charge is 0.255 e. The zero-order valence-electron chi connectivity index (χ0n) is 15.6. The SMILES string of the molecule is CCNS(=O)(=O)c1cccc(C(=O)Nc2cc(OC)c(OC)cc2C(N)=O)c1. The summed E-state index contributed by atoms with van der Waals surface area (Å²) in [6.45, 7) is 1.86. The molecule has 28 heavy (non-hydrogen) atoms. The summed E-state index contributed by atoms with van der Waals surface area (Å²) in [7, 11) is -0.916. The minimum absolute atomic E-state index is 0.0161. The number of carbonyl (C=O) groups excluding carboxylic acids is 2. The molecule has 10 heteroatoms. The summed E-state index contributed by atoms with van der Waals surface area (Å²) >= 11 is 0. The van der Waals surface area contributed by atoms with Gasteiger partial charge in [0.1, 0.15) is 0 Å². The molecule has 0 unspecified atom stereocenters. The number of nitrogens with two attached hydrogens (primary N) is 1. The third-order valence-corrected chi connectivity index (χ3v) is 5.32. The van der Waals surface area contributed by atoms with Gasteiger partial charge in [-0.25, -0.2) is 13.1 Å². The molecule has 0 aromatic heterocycles. The molecule has 0 saturated heterocycles. The zero-order chi connectivity index (χ0) is 20.9. The molecule has 0 fully saturated rings. The molecule has 0 saturated carbocycles. The highest BCUT2D eigenvalue weighted by Gasteiger charge is 2.19. The predicted octanol–water partition coefficient (Wildman–Crippen LogP) is 1.35. The van der Waals surface area contributed by atoms with Crippen LogP contribution in [0.5, 0.6) is 11.5 Å². The van der Waals surface area contributed by atoms with Crippen molar-refractivity contribution in [2.45, 2.75) is 11.8 Å². The third kappa shape index (κ3) is 4.59. The summed E-state index contributed by atoms with van der Waals surface area (Å²) < 4.78 is 36.9. The maximum atomic E-state index is 12.6. The maximum Gasteiger partial charge on any atom is 0.255 e. The van der Waals surface area contributed by atoms with Gasteiger partial charge < -0.3 is 20.5 Å². The lowest BCUT2D eigenvalue weighted by molar-refractivity contribution is 0.100. The Morgan fingerprint density at radius 3 is 2.29 bits per heavy atom. The Balaban J connectivity index is 2.41. The molecule has 2 aromatic carbocycles. The zero-order valence-corrected chi connectivity index (χ0v) is 16.4. The summed E-state index contributed by atoms with van der Waals surface area (Å²) in [5, 5.41) is 2.55. The van der Waals surface area contributed by atoms with Crippen LogP contribution in [-0.4, -0.2) is 41.0 Å². The summed E-state index contributed by atoms with van der Waals surface area (Å²) in [5.41, 5.74) is 5.59. The second kappa shape index (κ2) is 8.72. The summed E-state index contributed by atoms with van der Waals surface area (Å²) in [5.74, 6) is -0.845. The first-order valence-electron chi connectivity index (χ1n) is 8.20. The number of nitrogens with one attached hydrogen (secondary N) is 2. The minimum Gasteiger partial charge on any atom is -0.493 e. The first-order valence-corrected chi connectivity index (χ1v) is 9.68. The van der Waals surface area contributed by atoms with E-state index in [1.54, 1.807) is 6.92 Å². The van der Waals surface area contributed by atoms with Gasteiger partial charge in [0, 0.05) is 18.2 Å². The van der Waals surface area contributed by atoms with Gasteiger partial charge in [-0.05, 0) is 24.3 Å². The molecule has 2 amide bonds. The van der Waals surface area contributed by atoms with Gasteiger partial charge in [-0.15, -0.1) is 0 Å². The van der Waals surface area contributed by atoms with E-state index in [4.69, 9.17) is 15.2 Å². The van der Waals surface area contributed by atoms with Gasteiger partial charge in [-0.1, -0.05) is 13.0 Å². The summed E-state index contributed by atoms with van der Waals surface area (Å²) in [4.78, 5) is 24.3. The van der Waals surface area contributed by atoms with Crippen LogP contribution < -0.4 is 25.2 Å². The number of hydrogen-bond donors (Lipinski definition) is 3. The number of benzene rings is 2. The highest BCUT2D eigenvalue weighted by molar-refractivity contribution is 7.89. The number of amides is 2. The molecule has 4 N–H and O–H groups in total. The van der Waals surface area contributed by atoms with E-state index in [-0.39, 0.29) is 39.8 Å². The largest absolute Gasteiger partial charge is 0.493 e. The topological polar surface area (TPSA) is 137 Å². The van der Waals surface area contributed by atoms with Crippen molar-refractivity contribution in [2.24, 2.45) is 5.73 Å². The van der Waals surface area contributed by atoms with Gasteiger partial charge in [0.05, 0.1) is 30.4 Å². The molecule has 9 nitrogen and oxygen atoms in total. The van der Waals surface area contributed by atoms with Gasteiger partial charge >= 0.3 is 0 Å². The van der Waals surface area contributed by atoms with Gasteiger partial charge in [-0.2, -0.15) is 0 Å². The fraction of sp³-hybridized carbons (Fsp3) is 0.222. The van der Waals surface area contributed by atoms with Crippen molar-refractivity contribution in [1.82, 2.24) is 4.72 Å². The molecule has 150 valence electrons. The number of ether oxygens (including phenoxy) is 2. The van der Waals surface area contributed by atoms with Gasteiger partial charge in [0.2, 0.25) is 10.0 Å². The average Bonchev–Trinajstić information content (AvgIpc) is 2.67. The maximum absolute atomic E-state index is 12.6. The molecule has 0 radical (unpaired) electrons. The number of sulfonamides is 1. The van der Waals surface area contributed by atoms with Crippen LogP contribution in [0.2, 0.25) is 0 Å². The van der Waals surface area contributed by atoms with E-state index in [0.29, 0.717) is 0 Å². The van der Waals surface area contributed by atoms with E-state index in [9.17, 15) is 18.0 Å². The highest BCUT2D eigenvalue weighted by Crippen LogP contribution is 2.33. The molecule has 0 bridgehead atoms. The number of primary amides is 1. The number of methoxy groups -OCH3 is 2. The Bertz CT molecular complexity index is 1000. The Kier molecular flexibility index (Phi) is 6.60. The molecule has 0 spiro atoms. The molecular formula is C18H21N3O6S. The third-order valence-electron chi connectivity index (χ3n) is 3.78. The molecule has 0 heterocycles. The van der Waals surface area contributed by atoms with Crippen LogP contribution in [0.15, 0.2) is 41.3 Å². The molecule has 2 aromatic rings. The predicted molar refractivity (Wildman–Crippen MR) is 103 cm³/mol. The number of hydrogen-bond acceptors (Lipinski definition) is 6. The lowest BCUT2D eigenvalue weighted by atomic mass is 10.1. The van der Waals surface area contributed by atoms with Crippen molar-refractivity contribution in [1.29, 1.82) is 0 Å². The molecular weight excluding hydrogens is 386 g/mol. The Labute approximate surface area is 162 Å². The summed E-state index contributed by atoms with van der Waals surface area (Å²) in [6.07, 6.45) is 0. The van der Waals surface area contributed by atoms with Crippen molar-refractivity contribution in [3.05, 3.63) is 47.5 Å². The van der Waals surface area contributed by atoms with Crippen LogP contribution in [0.1, 0.15) is 27.6 Å². The molecule has 0 atom stereocenters.